The highest BCUT2D eigenvalue weighted by Gasteiger charge is 2.11. The minimum Gasteiger partial charge on any atom is -0.343 e. The van der Waals surface area contributed by atoms with Gasteiger partial charge in [0.15, 0.2) is 0 Å². The molecule has 0 heterocycles. The molecule has 0 aliphatic rings. The molecule has 22 heavy (non-hydrogen) atoms. The monoisotopic (exact) mass is 424 g/mol. The maximum Gasteiger partial charge on any atom is 0.252 e. The van der Waals surface area contributed by atoms with Crippen LogP contribution in [0, 0.1) is 6.92 Å². The largest absolute Gasteiger partial charge is 0.343 e. The van der Waals surface area contributed by atoms with Crippen molar-refractivity contribution in [3.05, 3.63) is 62.5 Å². The normalized spacial score (nSPS) is 10.1. The molecule has 0 spiro atoms. The molecule has 0 saturated carbocycles. The zero-order chi connectivity index (χ0) is 16.1. The fourth-order valence-electron chi connectivity index (χ4n) is 1.86. The maximum absolute atomic E-state index is 12.0. The Morgan fingerprint density at radius 2 is 1.82 bits per heavy atom. The SMILES string of the molecule is Cc1cc(Br)ccc1NC(=O)CNC(=O)c1ccccc1Br. The van der Waals surface area contributed by atoms with Gasteiger partial charge in [-0.3, -0.25) is 9.59 Å². The molecule has 2 rings (SSSR count). The molecule has 2 aromatic rings. The van der Waals surface area contributed by atoms with Crippen molar-refractivity contribution in [1.82, 2.24) is 5.32 Å². The lowest BCUT2D eigenvalue weighted by Crippen LogP contribution is -2.33. The zero-order valence-corrected chi connectivity index (χ0v) is 15.0. The summed E-state index contributed by atoms with van der Waals surface area (Å²) in [6, 6.07) is 12.6. The molecule has 0 atom stereocenters. The molecule has 4 nitrogen and oxygen atoms in total. The summed E-state index contributed by atoms with van der Waals surface area (Å²) < 4.78 is 1.64. The van der Waals surface area contributed by atoms with Crippen molar-refractivity contribution in [2.45, 2.75) is 6.92 Å². The predicted octanol–water partition coefficient (Wildman–Crippen LogP) is 3.89. The van der Waals surface area contributed by atoms with E-state index >= 15 is 0 Å². The van der Waals surface area contributed by atoms with Crippen molar-refractivity contribution in [3.63, 3.8) is 0 Å². The summed E-state index contributed by atoms with van der Waals surface area (Å²) >= 11 is 6.68. The summed E-state index contributed by atoms with van der Waals surface area (Å²) in [5, 5.41) is 5.37. The van der Waals surface area contributed by atoms with Gasteiger partial charge in [-0.15, -0.1) is 0 Å². The summed E-state index contributed by atoms with van der Waals surface area (Å²) in [4.78, 5) is 23.9. The fraction of sp³-hybridized carbons (Fsp3) is 0.125. The van der Waals surface area contributed by atoms with Crippen molar-refractivity contribution in [3.8, 4) is 0 Å². The summed E-state index contributed by atoms with van der Waals surface area (Å²) in [5.41, 5.74) is 2.17. The number of aryl methyl sites for hydroxylation is 1. The van der Waals surface area contributed by atoms with Crippen LogP contribution in [0.25, 0.3) is 0 Å². The Kier molecular flexibility index (Phi) is 5.74. The molecule has 114 valence electrons. The standard InChI is InChI=1S/C16H14Br2N2O2/c1-10-8-11(17)6-7-14(10)20-15(21)9-19-16(22)12-4-2-3-5-13(12)18/h2-8H,9H2,1H3,(H,19,22)(H,20,21). The van der Waals surface area contributed by atoms with Crippen LogP contribution in [0.5, 0.6) is 0 Å². The molecular formula is C16H14Br2N2O2. The van der Waals surface area contributed by atoms with E-state index in [1.165, 1.54) is 0 Å². The van der Waals surface area contributed by atoms with Crippen LogP contribution in [0.4, 0.5) is 5.69 Å². The average molecular weight is 426 g/mol. The molecule has 0 aliphatic carbocycles. The minimum atomic E-state index is -0.296. The lowest BCUT2D eigenvalue weighted by Gasteiger charge is -2.10. The van der Waals surface area contributed by atoms with E-state index in [1.54, 1.807) is 18.2 Å². The number of nitrogens with one attached hydrogen (secondary N) is 2. The highest BCUT2D eigenvalue weighted by Crippen LogP contribution is 2.20. The zero-order valence-electron chi connectivity index (χ0n) is 11.8. The molecule has 2 amide bonds. The van der Waals surface area contributed by atoms with E-state index in [1.807, 2.05) is 31.2 Å². The van der Waals surface area contributed by atoms with Crippen molar-refractivity contribution in [2.24, 2.45) is 0 Å². The predicted molar refractivity (Wildman–Crippen MR) is 94.0 cm³/mol. The van der Waals surface area contributed by atoms with Crippen molar-refractivity contribution in [1.29, 1.82) is 0 Å². The summed E-state index contributed by atoms with van der Waals surface area (Å²) in [6.45, 7) is 1.82. The molecular weight excluding hydrogens is 412 g/mol. The van der Waals surface area contributed by atoms with Gasteiger partial charge in [0.05, 0.1) is 12.1 Å². The Morgan fingerprint density at radius 3 is 2.50 bits per heavy atom. The first-order chi connectivity index (χ1) is 10.5. The van der Waals surface area contributed by atoms with Crippen LogP contribution in [0.2, 0.25) is 0 Å². The third-order valence-electron chi connectivity index (χ3n) is 2.99. The molecule has 0 aliphatic heterocycles. The molecule has 0 unspecified atom stereocenters. The molecule has 0 saturated heterocycles. The van der Waals surface area contributed by atoms with Crippen LogP contribution in [-0.4, -0.2) is 18.4 Å². The number of carbonyl (C=O) groups excluding carboxylic acids is 2. The van der Waals surface area contributed by atoms with Gasteiger partial charge in [0.2, 0.25) is 5.91 Å². The number of hydrogen-bond donors (Lipinski definition) is 2. The first-order valence-corrected chi connectivity index (χ1v) is 8.14. The Labute approximate surface area is 145 Å². The number of amides is 2. The Hall–Kier alpha value is -1.66. The Bertz CT molecular complexity index is 717. The van der Waals surface area contributed by atoms with Gasteiger partial charge in [-0.25, -0.2) is 0 Å². The van der Waals surface area contributed by atoms with Crippen LogP contribution in [-0.2, 0) is 4.79 Å². The number of halogens is 2. The topological polar surface area (TPSA) is 58.2 Å². The van der Waals surface area contributed by atoms with E-state index < -0.39 is 0 Å². The first kappa shape index (κ1) is 16.7. The average Bonchev–Trinajstić information content (AvgIpc) is 2.48. The van der Waals surface area contributed by atoms with Crippen LogP contribution < -0.4 is 10.6 Å². The van der Waals surface area contributed by atoms with Crippen LogP contribution in [0.1, 0.15) is 15.9 Å². The molecule has 6 heteroatoms. The molecule has 0 aromatic heterocycles. The summed E-state index contributed by atoms with van der Waals surface area (Å²) in [7, 11) is 0. The second-order valence-corrected chi connectivity index (χ2v) is 6.44. The van der Waals surface area contributed by atoms with E-state index in [0.717, 1.165) is 15.7 Å². The highest BCUT2D eigenvalue weighted by atomic mass is 79.9. The van der Waals surface area contributed by atoms with E-state index in [-0.39, 0.29) is 18.4 Å². The van der Waals surface area contributed by atoms with Gasteiger partial charge < -0.3 is 10.6 Å². The van der Waals surface area contributed by atoms with Crippen LogP contribution in [0.3, 0.4) is 0 Å². The van der Waals surface area contributed by atoms with E-state index in [9.17, 15) is 9.59 Å². The van der Waals surface area contributed by atoms with Gasteiger partial charge in [0, 0.05) is 14.6 Å². The summed E-state index contributed by atoms with van der Waals surface area (Å²) in [5.74, 6) is -0.569. The Balaban J connectivity index is 1.93. The number of carbonyl (C=O) groups is 2. The first-order valence-electron chi connectivity index (χ1n) is 6.56. The fourth-order valence-corrected chi connectivity index (χ4v) is 2.80. The van der Waals surface area contributed by atoms with Crippen molar-refractivity contribution >= 4 is 49.4 Å². The smallest absolute Gasteiger partial charge is 0.252 e. The van der Waals surface area contributed by atoms with Crippen molar-refractivity contribution < 1.29 is 9.59 Å². The quantitative estimate of drug-likeness (QED) is 0.780. The number of hydrogen-bond acceptors (Lipinski definition) is 2. The molecule has 0 radical (unpaired) electrons. The molecule has 0 bridgehead atoms. The van der Waals surface area contributed by atoms with Gasteiger partial charge in [-0.2, -0.15) is 0 Å². The van der Waals surface area contributed by atoms with E-state index in [2.05, 4.69) is 42.5 Å². The molecule has 0 fully saturated rings. The molecule has 2 N–H and O–H groups in total. The second kappa shape index (κ2) is 7.56. The minimum absolute atomic E-state index is 0.0876. The maximum atomic E-state index is 12.0. The lowest BCUT2D eigenvalue weighted by molar-refractivity contribution is -0.115. The third-order valence-corrected chi connectivity index (χ3v) is 4.18. The third kappa shape index (κ3) is 4.42. The van der Waals surface area contributed by atoms with Crippen LogP contribution >= 0.6 is 31.9 Å². The summed E-state index contributed by atoms with van der Waals surface area (Å²) in [6.07, 6.45) is 0. The van der Waals surface area contributed by atoms with Gasteiger partial charge in [-0.1, -0.05) is 28.1 Å². The van der Waals surface area contributed by atoms with Gasteiger partial charge in [-0.05, 0) is 58.7 Å². The van der Waals surface area contributed by atoms with Gasteiger partial charge in [0.1, 0.15) is 0 Å². The number of benzene rings is 2. The van der Waals surface area contributed by atoms with Gasteiger partial charge in [0.25, 0.3) is 5.91 Å². The van der Waals surface area contributed by atoms with E-state index in [4.69, 9.17) is 0 Å². The Morgan fingerprint density at radius 1 is 1.09 bits per heavy atom. The van der Waals surface area contributed by atoms with E-state index in [0.29, 0.717) is 10.0 Å². The number of anilines is 1. The van der Waals surface area contributed by atoms with Crippen LogP contribution in [0.15, 0.2) is 51.4 Å². The molecule has 2 aromatic carbocycles. The lowest BCUT2D eigenvalue weighted by atomic mass is 10.2. The van der Waals surface area contributed by atoms with Crippen molar-refractivity contribution in [2.75, 3.05) is 11.9 Å². The second-order valence-electron chi connectivity index (χ2n) is 4.67. The highest BCUT2D eigenvalue weighted by molar-refractivity contribution is 9.10. The number of rotatable bonds is 4. The van der Waals surface area contributed by atoms with Gasteiger partial charge >= 0.3 is 0 Å².